The molecule has 1 aliphatic carbocycles. The van der Waals surface area contributed by atoms with Gasteiger partial charge in [0.15, 0.2) is 0 Å². The van der Waals surface area contributed by atoms with Gasteiger partial charge in [-0.1, -0.05) is 0 Å². The zero-order valence-corrected chi connectivity index (χ0v) is 17.5. The van der Waals surface area contributed by atoms with Crippen LogP contribution in [0.2, 0.25) is 0 Å². The minimum Gasteiger partial charge on any atom is -0.341 e. The molecule has 1 amide bonds. The molecule has 2 aliphatic rings. The van der Waals surface area contributed by atoms with E-state index in [1.165, 1.54) is 17.5 Å². The lowest BCUT2D eigenvalue weighted by atomic mass is 10.0. The zero-order valence-electron chi connectivity index (χ0n) is 16.7. The molecule has 2 fully saturated rings. The van der Waals surface area contributed by atoms with E-state index in [1.54, 1.807) is 32.7 Å². The van der Waals surface area contributed by atoms with Crippen LogP contribution >= 0.6 is 0 Å². The molecule has 1 atom stereocenters. The van der Waals surface area contributed by atoms with E-state index in [2.05, 4.69) is 15.1 Å². The van der Waals surface area contributed by atoms with Crippen LogP contribution in [0.15, 0.2) is 4.90 Å². The lowest BCUT2D eigenvalue weighted by Gasteiger charge is -2.34. The fraction of sp³-hybridized carbons (Fsp3) is 0.778. The summed E-state index contributed by atoms with van der Waals surface area (Å²) in [6.07, 6.45) is 4.49. The van der Waals surface area contributed by atoms with Crippen LogP contribution in [0.25, 0.3) is 0 Å². The summed E-state index contributed by atoms with van der Waals surface area (Å²) in [7, 11) is -2.09. The third kappa shape index (κ3) is 4.70. The fourth-order valence-corrected chi connectivity index (χ4v) is 5.35. The highest BCUT2D eigenvalue weighted by atomic mass is 32.2. The SMILES string of the molecule is Cc1nn(C)c(C)c1S(=O)(=O)NC(C)C(=O)N1CCC(NCC2CC2)CC1. The first-order valence-electron chi connectivity index (χ1n) is 9.73. The van der Waals surface area contributed by atoms with Crippen molar-refractivity contribution in [3.8, 4) is 0 Å². The normalized spacial score (nSPS) is 20.1. The highest BCUT2D eigenvalue weighted by Crippen LogP contribution is 2.28. The van der Waals surface area contributed by atoms with Gasteiger partial charge < -0.3 is 10.2 Å². The molecular weight excluding hydrogens is 366 g/mol. The molecule has 1 unspecified atom stereocenters. The topological polar surface area (TPSA) is 96.3 Å². The van der Waals surface area contributed by atoms with Crippen molar-refractivity contribution in [1.82, 2.24) is 24.7 Å². The Morgan fingerprint density at radius 2 is 1.85 bits per heavy atom. The van der Waals surface area contributed by atoms with Crippen molar-refractivity contribution in [3.63, 3.8) is 0 Å². The van der Waals surface area contributed by atoms with Crippen molar-refractivity contribution < 1.29 is 13.2 Å². The van der Waals surface area contributed by atoms with Crippen LogP contribution in [0.4, 0.5) is 0 Å². The van der Waals surface area contributed by atoms with Crippen LogP contribution < -0.4 is 10.0 Å². The molecule has 0 spiro atoms. The van der Waals surface area contributed by atoms with Gasteiger partial charge in [-0.05, 0) is 58.9 Å². The molecule has 27 heavy (non-hydrogen) atoms. The van der Waals surface area contributed by atoms with E-state index < -0.39 is 16.1 Å². The number of hydrogen-bond donors (Lipinski definition) is 2. The molecule has 8 nitrogen and oxygen atoms in total. The number of likely N-dealkylation sites (tertiary alicyclic amines) is 1. The van der Waals surface area contributed by atoms with E-state index in [0.29, 0.717) is 30.5 Å². The quantitative estimate of drug-likeness (QED) is 0.706. The number of amides is 1. The third-order valence-corrected chi connectivity index (χ3v) is 7.40. The van der Waals surface area contributed by atoms with Gasteiger partial charge in [0.2, 0.25) is 15.9 Å². The van der Waals surface area contributed by atoms with Crippen molar-refractivity contribution in [2.45, 2.75) is 63.4 Å². The van der Waals surface area contributed by atoms with Crippen LogP contribution in [0.1, 0.15) is 44.0 Å². The summed E-state index contributed by atoms with van der Waals surface area (Å²) in [6.45, 7) is 7.39. The number of nitrogens with one attached hydrogen (secondary N) is 2. The van der Waals surface area contributed by atoms with E-state index in [1.807, 2.05) is 0 Å². The monoisotopic (exact) mass is 397 g/mol. The number of aromatic nitrogens is 2. The summed E-state index contributed by atoms with van der Waals surface area (Å²) in [6, 6.07) is -0.340. The van der Waals surface area contributed by atoms with Gasteiger partial charge in [0, 0.05) is 26.2 Å². The smallest absolute Gasteiger partial charge is 0.244 e. The van der Waals surface area contributed by atoms with E-state index in [-0.39, 0.29) is 10.8 Å². The molecular formula is C18H31N5O3S. The third-order valence-electron chi connectivity index (χ3n) is 5.61. The lowest BCUT2D eigenvalue weighted by Crippen LogP contribution is -2.51. The van der Waals surface area contributed by atoms with Crippen molar-refractivity contribution in [2.24, 2.45) is 13.0 Å². The zero-order chi connectivity index (χ0) is 19.8. The Kier molecular flexibility index (Phi) is 5.93. The van der Waals surface area contributed by atoms with Crippen LogP contribution in [-0.2, 0) is 21.9 Å². The lowest BCUT2D eigenvalue weighted by molar-refractivity contribution is -0.133. The molecule has 2 heterocycles. The maximum Gasteiger partial charge on any atom is 0.244 e. The van der Waals surface area contributed by atoms with Crippen LogP contribution in [0, 0.1) is 19.8 Å². The number of aryl methyl sites for hydroxylation is 2. The van der Waals surface area contributed by atoms with Crippen molar-refractivity contribution in [2.75, 3.05) is 19.6 Å². The van der Waals surface area contributed by atoms with E-state index in [0.717, 1.165) is 25.3 Å². The van der Waals surface area contributed by atoms with Crippen molar-refractivity contribution in [1.29, 1.82) is 0 Å². The summed E-state index contributed by atoms with van der Waals surface area (Å²) in [5, 5.41) is 7.74. The molecule has 1 aliphatic heterocycles. The Morgan fingerprint density at radius 1 is 1.22 bits per heavy atom. The second-order valence-electron chi connectivity index (χ2n) is 7.92. The van der Waals surface area contributed by atoms with Gasteiger partial charge in [0.25, 0.3) is 0 Å². The summed E-state index contributed by atoms with van der Waals surface area (Å²) < 4.78 is 29.6. The van der Waals surface area contributed by atoms with Crippen molar-refractivity contribution in [3.05, 3.63) is 11.4 Å². The largest absolute Gasteiger partial charge is 0.341 e. The van der Waals surface area contributed by atoms with Gasteiger partial charge in [-0.2, -0.15) is 9.82 Å². The van der Waals surface area contributed by atoms with E-state index >= 15 is 0 Å². The van der Waals surface area contributed by atoms with Gasteiger partial charge >= 0.3 is 0 Å². The van der Waals surface area contributed by atoms with Crippen LogP contribution in [0.3, 0.4) is 0 Å². The number of nitrogens with zero attached hydrogens (tertiary/aromatic N) is 3. The average molecular weight is 398 g/mol. The molecule has 9 heteroatoms. The minimum atomic E-state index is -3.80. The molecule has 1 saturated carbocycles. The molecule has 3 rings (SSSR count). The molecule has 1 saturated heterocycles. The number of piperidine rings is 1. The molecule has 0 radical (unpaired) electrons. The van der Waals surface area contributed by atoms with Crippen molar-refractivity contribution >= 4 is 15.9 Å². The molecule has 0 aromatic carbocycles. The molecule has 2 N–H and O–H groups in total. The number of sulfonamides is 1. The van der Waals surface area contributed by atoms with Gasteiger partial charge in [0.1, 0.15) is 4.90 Å². The summed E-state index contributed by atoms with van der Waals surface area (Å²) in [5.41, 5.74) is 0.993. The van der Waals surface area contributed by atoms with Crippen LogP contribution in [-0.4, -0.2) is 60.7 Å². The molecule has 1 aromatic rings. The number of rotatable bonds is 7. The standard InChI is InChI=1S/C18H31N5O3S/c1-12-17(14(3)22(4)20-12)27(25,26)21-13(2)18(24)23-9-7-16(8-10-23)19-11-15-5-6-15/h13,15-16,19,21H,5-11H2,1-4H3. The maximum atomic E-state index is 12.7. The Balaban J connectivity index is 1.55. The fourth-order valence-electron chi connectivity index (χ4n) is 3.72. The van der Waals surface area contributed by atoms with Gasteiger partial charge in [-0.3, -0.25) is 9.48 Å². The molecule has 152 valence electrons. The Hall–Kier alpha value is -1.45. The first-order chi connectivity index (χ1) is 12.7. The average Bonchev–Trinajstić information content (AvgIpc) is 3.39. The number of carbonyl (C=O) groups is 1. The first-order valence-corrected chi connectivity index (χ1v) is 11.2. The predicted octanol–water partition coefficient (Wildman–Crippen LogP) is 0.694. The van der Waals surface area contributed by atoms with Crippen LogP contribution in [0.5, 0.6) is 0 Å². The van der Waals surface area contributed by atoms with E-state index in [9.17, 15) is 13.2 Å². The number of carbonyl (C=O) groups excluding carboxylic acids is 1. The predicted molar refractivity (Wildman–Crippen MR) is 103 cm³/mol. The minimum absolute atomic E-state index is 0.160. The van der Waals surface area contributed by atoms with Gasteiger partial charge in [-0.25, -0.2) is 8.42 Å². The summed E-state index contributed by atoms with van der Waals surface area (Å²) >= 11 is 0. The number of hydrogen-bond acceptors (Lipinski definition) is 5. The summed E-state index contributed by atoms with van der Waals surface area (Å²) in [5.74, 6) is 0.678. The first kappa shape index (κ1) is 20.3. The van der Waals surface area contributed by atoms with Gasteiger partial charge in [-0.15, -0.1) is 0 Å². The Labute approximate surface area is 161 Å². The summed E-state index contributed by atoms with van der Waals surface area (Å²) in [4.78, 5) is 14.7. The molecule has 0 bridgehead atoms. The van der Waals surface area contributed by atoms with Gasteiger partial charge in [0.05, 0.1) is 17.4 Å². The molecule has 1 aromatic heterocycles. The maximum absolute atomic E-state index is 12.7. The second kappa shape index (κ2) is 7.89. The highest BCUT2D eigenvalue weighted by Gasteiger charge is 2.31. The van der Waals surface area contributed by atoms with E-state index in [4.69, 9.17) is 0 Å². The Morgan fingerprint density at radius 3 is 2.37 bits per heavy atom. The highest BCUT2D eigenvalue weighted by molar-refractivity contribution is 7.89. The Bertz CT molecular complexity index is 792. The second-order valence-corrected chi connectivity index (χ2v) is 9.57.